The van der Waals surface area contributed by atoms with E-state index in [1.54, 1.807) is 11.3 Å². The van der Waals surface area contributed by atoms with Gasteiger partial charge in [-0.3, -0.25) is 4.79 Å². The Labute approximate surface area is 118 Å². The van der Waals surface area contributed by atoms with E-state index in [0.717, 1.165) is 55.3 Å². The van der Waals surface area contributed by atoms with Gasteiger partial charge in [0.05, 0.1) is 10.6 Å². The van der Waals surface area contributed by atoms with Crippen molar-refractivity contribution < 1.29 is 4.79 Å². The molecule has 1 saturated heterocycles. The Morgan fingerprint density at radius 3 is 2.84 bits per heavy atom. The molecule has 3 rings (SSSR count). The third-order valence-corrected chi connectivity index (χ3v) is 5.66. The van der Waals surface area contributed by atoms with Crippen LogP contribution in [0.3, 0.4) is 0 Å². The second-order valence-electron chi connectivity index (χ2n) is 5.76. The van der Waals surface area contributed by atoms with Gasteiger partial charge in [-0.25, -0.2) is 0 Å². The number of rotatable bonds is 2. The number of hydrogen-bond acceptors (Lipinski definition) is 3. The first-order valence-electron chi connectivity index (χ1n) is 7.40. The van der Waals surface area contributed by atoms with E-state index in [0.29, 0.717) is 0 Å². The van der Waals surface area contributed by atoms with Crippen molar-refractivity contribution in [3.8, 4) is 0 Å². The molecule has 0 radical (unpaired) electrons. The Kier molecular flexibility index (Phi) is 3.52. The van der Waals surface area contributed by atoms with Crippen molar-refractivity contribution in [2.24, 2.45) is 5.92 Å². The predicted molar refractivity (Wildman–Crippen MR) is 79.7 cm³/mol. The molecule has 3 nitrogen and oxygen atoms in total. The van der Waals surface area contributed by atoms with Crippen molar-refractivity contribution in [2.75, 3.05) is 18.8 Å². The van der Waals surface area contributed by atoms with Crippen molar-refractivity contribution in [2.45, 2.75) is 45.4 Å². The minimum absolute atomic E-state index is 0.183. The summed E-state index contributed by atoms with van der Waals surface area (Å²) in [5, 5.41) is 0.749. The van der Waals surface area contributed by atoms with Gasteiger partial charge in [0.1, 0.15) is 0 Å². The van der Waals surface area contributed by atoms with Gasteiger partial charge in [0.25, 0.3) is 5.91 Å². The van der Waals surface area contributed by atoms with Crippen LogP contribution < -0.4 is 5.73 Å². The van der Waals surface area contributed by atoms with Gasteiger partial charge in [-0.2, -0.15) is 0 Å². The molecule has 2 N–H and O–H groups in total. The highest BCUT2D eigenvalue weighted by atomic mass is 32.1. The summed E-state index contributed by atoms with van der Waals surface area (Å²) in [4.78, 5) is 16.0. The molecule has 1 fully saturated rings. The number of hydrogen-bond donors (Lipinski definition) is 1. The van der Waals surface area contributed by atoms with Crippen LogP contribution in [0, 0.1) is 5.92 Å². The number of nitrogens with zero attached hydrogens (tertiary/aromatic N) is 1. The number of carbonyl (C=O) groups excluding carboxylic acids is 1. The Hall–Kier alpha value is -1.03. The van der Waals surface area contributed by atoms with Crippen molar-refractivity contribution in [3.63, 3.8) is 0 Å². The average Bonchev–Trinajstić information content (AvgIpc) is 3.03. The second-order valence-corrected chi connectivity index (χ2v) is 6.90. The lowest BCUT2D eigenvalue weighted by Gasteiger charge is -2.22. The van der Waals surface area contributed by atoms with E-state index < -0.39 is 0 Å². The molecule has 4 heteroatoms. The summed E-state index contributed by atoms with van der Waals surface area (Å²) in [6.07, 6.45) is 6.86. The van der Waals surface area contributed by atoms with Gasteiger partial charge in [-0.05, 0) is 43.6 Å². The molecule has 1 aromatic heterocycles. The summed E-state index contributed by atoms with van der Waals surface area (Å²) in [7, 11) is 0. The van der Waals surface area contributed by atoms with E-state index in [1.807, 2.05) is 4.90 Å². The van der Waals surface area contributed by atoms with Gasteiger partial charge in [0.2, 0.25) is 0 Å². The molecule has 2 heterocycles. The van der Waals surface area contributed by atoms with Gasteiger partial charge in [0, 0.05) is 18.0 Å². The van der Waals surface area contributed by atoms with E-state index in [4.69, 9.17) is 5.73 Å². The molecule has 1 amide bonds. The fourth-order valence-corrected chi connectivity index (χ4v) is 4.56. The highest BCUT2D eigenvalue weighted by Gasteiger charge is 2.30. The quantitative estimate of drug-likeness (QED) is 0.903. The van der Waals surface area contributed by atoms with Crippen LogP contribution in [0.5, 0.6) is 0 Å². The van der Waals surface area contributed by atoms with Crippen LogP contribution in [-0.4, -0.2) is 23.9 Å². The van der Waals surface area contributed by atoms with Crippen molar-refractivity contribution in [1.29, 1.82) is 0 Å². The Balaban J connectivity index is 1.90. The van der Waals surface area contributed by atoms with E-state index in [1.165, 1.54) is 23.3 Å². The van der Waals surface area contributed by atoms with E-state index in [2.05, 4.69) is 6.92 Å². The zero-order chi connectivity index (χ0) is 13.4. The van der Waals surface area contributed by atoms with Gasteiger partial charge in [-0.1, -0.05) is 13.3 Å². The monoisotopic (exact) mass is 278 g/mol. The van der Waals surface area contributed by atoms with Crippen LogP contribution in [0.25, 0.3) is 0 Å². The predicted octanol–water partition coefficient (Wildman–Crippen LogP) is 3.08. The highest BCUT2D eigenvalue weighted by molar-refractivity contribution is 7.16. The standard InChI is InChI=1S/C15H22N2OS/c1-2-10-5-6-11-12(9-10)19-14(16)13(11)15(18)17-7-3-4-8-17/h10H,2-9,16H2,1H3. The summed E-state index contributed by atoms with van der Waals surface area (Å²) in [6, 6.07) is 0. The molecule has 1 unspecified atom stereocenters. The van der Waals surface area contributed by atoms with E-state index >= 15 is 0 Å². The summed E-state index contributed by atoms with van der Waals surface area (Å²) < 4.78 is 0. The van der Waals surface area contributed by atoms with Crippen LogP contribution in [0.1, 0.15) is 53.4 Å². The average molecular weight is 278 g/mol. The second kappa shape index (κ2) is 5.16. The van der Waals surface area contributed by atoms with Crippen LogP contribution in [0.15, 0.2) is 0 Å². The molecule has 1 aliphatic carbocycles. The minimum Gasteiger partial charge on any atom is -0.390 e. The maximum absolute atomic E-state index is 12.6. The first kappa shape index (κ1) is 13.0. The van der Waals surface area contributed by atoms with Crippen molar-refractivity contribution in [1.82, 2.24) is 4.90 Å². The van der Waals surface area contributed by atoms with Crippen LogP contribution in [-0.2, 0) is 12.8 Å². The summed E-state index contributed by atoms with van der Waals surface area (Å²) >= 11 is 1.65. The van der Waals surface area contributed by atoms with Gasteiger partial charge in [-0.15, -0.1) is 11.3 Å². The van der Waals surface area contributed by atoms with Crippen LogP contribution in [0.4, 0.5) is 5.00 Å². The normalized spacial score (nSPS) is 22.6. The van der Waals surface area contributed by atoms with E-state index in [9.17, 15) is 4.79 Å². The SMILES string of the molecule is CCC1CCc2c(sc(N)c2C(=O)N2CCCC2)C1. The number of fused-ring (bicyclic) bond motifs is 1. The summed E-state index contributed by atoms with van der Waals surface area (Å²) in [5.41, 5.74) is 8.26. The fourth-order valence-electron chi connectivity index (χ4n) is 3.34. The number of anilines is 1. The number of nitrogen functional groups attached to an aromatic ring is 1. The Morgan fingerprint density at radius 2 is 2.16 bits per heavy atom. The molecule has 1 aromatic rings. The van der Waals surface area contributed by atoms with Crippen molar-refractivity contribution >= 4 is 22.2 Å². The Bertz CT molecular complexity index is 489. The summed E-state index contributed by atoms with van der Waals surface area (Å²) in [6.45, 7) is 4.06. The molecule has 1 atom stereocenters. The molecule has 19 heavy (non-hydrogen) atoms. The zero-order valence-corrected chi connectivity index (χ0v) is 12.4. The number of nitrogens with two attached hydrogens (primary N) is 1. The smallest absolute Gasteiger partial charge is 0.257 e. The lowest BCUT2D eigenvalue weighted by molar-refractivity contribution is 0.0793. The third-order valence-electron chi connectivity index (χ3n) is 4.58. The zero-order valence-electron chi connectivity index (χ0n) is 11.6. The van der Waals surface area contributed by atoms with Gasteiger partial charge >= 0.3 is 0 Å². The highest BCUT2D eigenvalue weighted by Crippen LogP contribution is 2.39. The molecule has 0 bridgehead atoms. The topological polar surface area (TPSA) is 46.3 Å². The number of likely N-dealkylation sites (tertiary alicyclic amines) is 1. The number of amides is 1. The molecule has 104 valence electrons. The van der Waals surface area contributed by atoms with Crippen LogP contribution >= 0.6 is 11.3 Å². The number of thiophene rings is 1. The van der Waals surface area contributed by atoms with Gasteiger partial charge in [0.15, 0.2) is 0 Å². The number of carbonyl (C=O) groups is 1. The molecule has 0 saturated carbocycles. The molecule has 2 aliphatic rings. The maximum Gasteiger partial charge on any atom is 0.257 e. The first-order valence-corrected chi connectivity index (χ1v) is 8.21. The minimum atomic E-state index is 0.183. The van der Waals surface area contributed by atoms with E-state index in [-0.39, 0.29) is 5.91 Å². The van der Waals surface area contributed by atoms with Gasteiger partial charge < -0.3 is 10.6 Å². The molecular weight excluding hydrogens is 256 g/mol. The fraction of sp³-hybridized carbons (Fsp3) is 0.667. The Morgan fingerprint density at radius 1 is 1.42 bits per heavy atom. The molecule has 0 aromatic carbocycles. The largest absolute Gasteiger partial charge is 0.390 e. The lowest BCUT2D eigenvalue weighted by Crippen LogP contribution is -2.29. The van der Waals surface area contributed by atoms with Crippen molar-refractivity contribution in [3.05, 3.63) is 16.0 Å². The third kappa shape index (κ3) is 2.27. The summed E-state index contributed by atoms with van der Waals surface area (Å²) in [5.74, 6) is 0.961. The molecule has 0 spiro atoms. The maximum atomic E-state index is 12.6. The molecule has 1 aliphatic heterocycles. The lowest BCUT2D eigenvalue weighted by atomic mass is 9.85. The first-order chi connectivity index (χ1) is 9.20. The van der Waals surface area contributed by atoms with Crippen LogP contribution in [0.2, 0.25) is 0 Å². The molecular formula is C15H22N2OS.